The third-order valence-corrected chi connectivity index (χ3v) is 2.71. The van der Waals surface area contributed by atoms with E-state index in [0.717, 1.165) is 11.5 Å². The molecule has 0 bridgehead atoms. The molecule has 13 heavy (non-hydrogen) atoms. The Morgan fingerprint density at radius 1 is 1.23 bits per heavy atom. The normalized spacial score (nSPS) is 16.1. The topological polar surface area (TPSA) is 20.2 Å². The summed E-state index contributed by atoms with van der Waals surface area (Å²) < 4.78 is 0. The molecular weight excluding hydrogens is 160 g/mol. The molecule has 1 heteroatoms. The number of aliphatic hydroxyl groups excluding tert-OH is 1. The summed E-state index contributed by atoms with van der Waals surface area (Å²) in [7, 11) is 0. The van der Waals surface area contributed by atoms with Gasteiger partial charge in [0.2, 0.25) is 0 Å². The molecule has 1 aliphatic carbocycles. The molecule has 1 aromatic rings. The predicted molar refractivity (Wildman–Crippen MR) is 53.4 cm³/mol. The number of benzene rings is 1. The smallest absolute Gasteiger partial charge is 0.0681 e. The summed E-state index contributed by atoms with van der Waals surface area (Å²) in [6.07, 6.45) is 5.37. The summed E-state index contributed by atoms with van der Waals surface area (Å²) in [6.45, 7) is 0.164. The fourth-order valence-electron chi connectivity index (χ4n) is 1.66. The van der Waals surface area contributed by atoms with Crippen molar-refractivity contribution in [2.24, 2.45) is 5.92 Å². The van der Waals surface area contributed by atoms with Crippen molar-refractivity contribution in [2.45, 2.75) is 32.3 Å². The van der Waals surface area contributed by atoms with E-state index in [1.54, 1.807) is 0 Å². The second-order valence-corrected chi connectivity index (χ2v) is 3.96. The Labute approximate surface area is 79.4 Å². The van der Waals surface area contributed by atoms with Gasteiger partial charge in [0.05, 0.1) is 6.61 Å². The summed E-state index contributed by atoms with van der Waals surface area (Å²) in [5, 5.41) is 8.95. The second kappa shape index (κ2) is 3.93. The SMILES string of the molecule is OCc1cccc(CCC2CC2)c1. The summed E-state index contributed by atoms with van der Waals surface area (Å²) in [5.41, 5.74) is 2.41. The van der Waals surface area contributed by atoms with Crippen LogP contribution in [0.3, 0.4) is 0 Å². The van der Waals surface area contributed by atoms with Gasteiger partial charge in [0.1, 0.15) is 0 Å². The van der Waals surface area contributed by atoms with E-state index >= 15 is 0 Å². The fraction of sp³-hybridized carbons (Fsp3) is 0.500. The van der Waals surface area contributed by atoms with Crippen molar-refractivity contribution in [1.82, 2.24) is 0 Å². The van der Waals surface area contributed by atoms with Crippen molar-refractivity contribution in [2.75, 3.05) is 0 Å². The lowest BCUT2D eigenvalue weighted by molar-refractivity contribution is 0.281. The van der Waals surface area contributed by atoms with E-state index in [9.17, 15) is 0 Å². The summed E-state index contributed by atoms with van der Waals surface area (Å²) >= 11 is 0. The first-order valence-corrected chi connectivity index (χ1v) is 5.07. The Balaban J connectivity index is 1.93. The lowest BCUT2D eigenvalue weighted by Crippen LogP contribution is -1.89. The molecule has 0 radical (unpaired) electrons. The molecule has 0 saturated heterocycles. The van der Waals surface area contributed by atoms with E-state index in [1.807, 2.05) is 12.1 Å². The highest BCUT2D eigenvalue weighted by Gasteiger charge is 2.20. The Kier molecular flexibility index (Phi) is 2.65. The van der Waals surface area contributed by atoms with Crippen LogP contribution in [0.25, 0.3) is 0 Å². The van der Waals surface area contributed by atoms with Crippen LogP contribution in [0.1, 0.15) is 30.4 Å². The number of hydrogen-bond acceptors (Lipinski definition) is 1. The molecule has 0 amide bonds. The van der Waals surface area contributed by atoms with Gasteiger partial charge in [-0.25, -0.2) is 0 Å². The molecule has 0 spiro atoms. The van der Waals surface area contributed by atoms with E-state index in [4.69, 9.17) is 5.11 Å². The van der Waals surface area contributed by atoms with Crippen LogP contribution in [-0.4, -0.2) is 5.11 Å². The quantitative estimate of drug-likeness (QED) is 0.747. The molecule has 0 heterocycles. The molecule has 0 atom stereocenters. The number of aliphatic hydroxyl groups is 1. The van der Waals surface area contributed by atoms with Crippen LogP contribution in [-0.2, 0) is 13.0 Å². The van der Waals surface area contributed by atoms with Crippen molar-refractivity contribution in [1.29, 1.82) is 0 Å². The van der Waals surface area contributed by atoms with Crippen LogP contribution in [0, 0.1) is 5.92 Å². The third-order valence-electron chi connectivity index (χ3n) is 2.71. The Morgan fingerprint density at radius 3 is 2.69 bits per heavy atom. The van der Waals surface area contributed by atoms with Gasteiger partial charge >= 0.3 is 0 Å². The first kappa shape index (κ1) is 8.76. The van der Waals surface area contributed by atoms with E-state index in [2.05, 4.69) is 12.1 Å². The first-order chi connectivity index (χ1) is 6.38. The van der Waals surface area contributed by atoms with Gasteiger partial charge in [0.15, 0.2) is 0 Å². The molecule has 1 nitrogen and oxygen atoms in total. The molecular formula is C12H16O. The zero-order valence-electron chi connectivity index (χ0n) is 7.87. The van der Waals surface area contributed by atoms with Crippen molar-refractivity contribution in [3.8, 4) is 0 Å². The summed E-state index contributed by atoms with van der Waals surface area (Å²) in [5.74, 6) is 0.998. The molecule has 1 fully saturated rings. The maximum Gasteiger partial charge on any atom is 0.0681 e. The average Bonchev–Trinajstić information content (AvgIpc) is 2.99. The van der Waals surface area contributed by atoms with E-state index in [-0.39, 0.29) is 6.61 Å². The molecule has 0 aliphatic heterocycles. The highest BCUT2D eigenvalue weighted by atomic mass is 16.3. The lowest BCUT2D eigenvalue weighted by Gasteiger charge is -2.02. The molecule has 2 rings (SSSR count). The third kappa shape index (κ3) is 2.56. The van der Waals surface area contributed by atoms with Crippen molar-refractivity contribution in [3.63, 3.8) is 0 Å². The van der Waals surface area contributed by atoms with Crippen LogP contribution >= 0.6 is 0 Å². The maximum absolute atomic E-state index is 8.95. The fourth-order valence-corrected chi connectivity index (χ4v) is 1.66. The lowest BCUT2D eigenvalue weighted by atomic mass is 10.1. The summed E-state index contributed by atoms with van der Waals surface area (Å²) in [4.78, 5) is 0. The molecule has 1 aliphatic rings. The van der Waals surface area contributed by atoms with Gasteiger partial charge in [-0.05, 0) is 29.9 Å². The van der Waals surface area contributed by atoms with Crippen molar-refractivity contribution >= 4 is 0 Å². The van der Waals surface area contributed by atoms with E-state index in [0.29, 0.717) is 0 Å². The molecule has 1 N–H and O–H groups in total. The van der Waals surface area contributed by atoms with Gasteiger partial charge in [-0.3, -0.25) is 0 Å². The van der Waals surface area contributed by atoms with Gasteiger partial charge in [-0.1, -0.05) is 37.1 Å². The maximum atomic E-state index is 8.95. The van der Waals surface area contributed by atoms with Gasteiger partial charge in [0, 0.05) is 0 Å². The van der Waals surface area contributed by atoms with Crippen LogP contribution in [0.2, 0.25) is 0 Å². The van der Waals surface area contributed by atoms with Crippen LogP contribution in [0.4, 0.5) is 0 Å². The van der Waals surface area contributed by atoms with Crippen molar-refractivity contribution in [3.05, 3.63) is 35.4 Å². The second-order valence-electron chi connectivity index (χ2n) is 3.96. The Hall–Kier alpha value is -0.820. The van der Waals surface area contributed by atoms with Crippen molar-refractivity contribution < 1.29 is 5.11 Å². The highest BCUT2D eigenvalue weighted by Crippen LogP contribution is 2.33. The average molecular weight is 176 g/mol. The minimum atomic E-state index is 0.164. The first-order valence-electron chi connectivity index (χ1n) is 5.07. The zero-order chi connectivity index (χ0) is 9.10. The van der Waals surface area contributed by atoms with E-state index < -0.39 is 0 Å². The number of rotatable bonds is 4. The largest absolute Gasteiger partial charge is 0.392 e. The van der Waals surface area contributed by atoms with Gasteiger partial charge in [-0.15, -0.1) is 0 Å². The van der Waals surface area contributed by atoms with Gasteiger partial charge in [-0.2, -0.15) is 0 Å². The monoisotopic (exact) mass is 176 g/mol. The minimum absolute atomic E-state index is 0.164. The number of hydrogen-bond donors (Lipinski definition) is 1. The van der Waals surface area contributed by atoms with Crippen LogP contribution in [0.15, 0.2) is 24.3 Å². The van der Waals surface area contributed by atoms with Crippen LogP contribution in [0.5, 0.6) is 0 Å². The van der Waals surface area contributed by atoms with Gasteiger partial charge in [0.25, 0.3) is 0 Å². The predicted octanol–water partition coefficient (Wildman–Crippen LogP) is 2.52. The minimum Gasteiger partial charge on any atom is -0.392 e. The standard InChI is InChI=1S/C12H16O/c13-9-12-3-1-2-11(8-12)7-6-10-4-5-10/h1-3,8,10,13H,4-7,9H2. The molecule has 0 unspecified atom stereocenters. The molecule has 1 aromatic carbocycles. The molecule has 1 saturated carbocycles. The van der Waals surface area contributed by atoms with Crippen LogP contribution < -0.4 is 0 Å². The van der Waals surface area contributed by atoms with Gasteiger partial charge < -0.3 is 5.11 Å². The molecule has 0 aromatic heterocycles. The number of aryl methyl sites for hydroxylation is 1. The Morgan fingerprint density at radius 2 is 2.00 bits per heavy atom. The highest BCUT2D eigenvalue weighted by molar-refractivity contribution is 5.23. The van der Waals surface area contributed by atoms with E-state index in [1.165, 1.54) is 31.2 Å². The Bertz CT molecular complexity index is 276. The zero-order valence-corrected chi connectivity index (χ0v) is 7.87. The molecule has 70 valence electrons. The summed E-state index contributed by atoms with van der Waals surface area (Å²) in [6, 6.07) is 8.28.